The minimum atomic E-state index is -0.115. The molecule has 1 N–H and O–H groups in total. The average Bonchev–Trinajstić information content (AvgIpc) is 2.52. The normalized spacial score (nSPS) is 11.2. The SMILES string of the molecule is COCCCN(CCNC(=O)c1ccc(C(C)(C)C)cc1)C(C)=O. The molecule has 0 aliphatic rings. The monoisotopic (exact) mass is 334 g/mol. The van der Waals surface area contributed by atoms with Crippen LogP contribution in [-0.2, 0) is 14.9 Å². The molecule has 5 nitrogen and oxygen atoms in total. The first-order valence-electron chi connectivity index (χ1n) is 8.39. The van der Waals surface area contributed by atoms with Gasteiger partial charge in [0, 0.05) is 45.8 Å². The van der Waals surface area contributed by atoms with Gasteiger partial charge in [-0.25, -0.2) is 0 Å². The number of ether oxygens (including phenoxy) is 1. The summed E-state index contributed by atoms with van der Waals surface area (Å²) < 4.78 is 5.00. The highest BCUT2D eigenvalue weighted by atomic mass is 16.5. The largest absolute Gasteiger partial charge is 0.385 e. The molecular weight excluding hydrogens is 304 g/mol. The molecule has 0 fully saturated rings. The second kappa shape index (κ2) is 9.42. The second-order valence-corrected chi connectivity index (χ2v) is 6.94. The third-order valence-corrected chi connectivity index (χ3v) is 3.90. The van der Waals surface area contributed by atoms with E-state index in [1.807, 2.05) is 24.3 Å². The average molecular weight is 334 g/mol. The molecule has 2 amide bonds. The molecule has 5 heteroatoms. The molecule has 0 aromatic heterocycles. The first-order chi connectivity index (χ1) is 11.3. The molecule has 24 heavy (non-hydrogen) atoms. The zero-order valence-electron chi connectivity index (χ0n) is 15.5. The van der Waals surface area contributed by atoms with Crippen LogP contribution in [-0.4, -0.2) is 50.1 Å². The fourth-order valence-corrected chi connectivity index (χ4v) is 2.35. The Hall–Kier alpha value is -1.88. The highest BCUT2D eigenvalue weighted by molar-refractivity contribution is 5.94. The minimum absolute atomic E-state index is 0.00915. The minimum Gasteiger partial charge on any atom is -0.385 e. The molecule has 1 rings (SSSR count). The van der Waals surface area contributed by atoms with Crippen molar-refractivity contribution in [1.82, 2.24) is 10.2 Å². The van der Waals surface area contributed by atoms with Crippen LogP contribution in [0.2, 0.25) is 0 Å². The van der Waals surface area contributed by atoms with Gasteiger partial charge in [0.05, 0.1) is 0 Å². The summed E-state index contributed by atoms with van der Waals surface area (Å²) in [6.07, 6.45) is 0.790. The molecule has 1 aromatic rings. The Morgan fingerprint density at radius 1 is 1.12 bits per heavy atom. The van der Waals surface area contributed by atoms with E-state index in [9.17, 15) is 9.59 Å². The van der Waals surface area contributed by atoms with Crippen molar-refractivity contribution in [2.75, 3.05) is 33.4 Å². The van der Waals surface area contributed by atoms with Crippen LogP contribution in [0.25, 0.3) is 0 Å². The maximum absolute atomic E-state index is 12.2. The van der Waals surface area contributed by atoms with E-state index in [2.05, 4.69) is 26.1 Å². The van der Waals surface area contributed by atoms with Crippen LogP contribution in [0.4, 0.5) is 0 Å². The predicted molar refractivity (Wildman–Crippen MR) is 96.2 cm³/mol. The van der Waals surface area contributed by atoms with Crippen LogP contribution in [0, 0.1) is 0 Å². The number of hydrogen-bond acceptors (Lipinski definition) is 3. The van der Waals surface area contributed by atoms with Gasteiger partial charge in [0.1, 0.15) is 0 Å². The Labute approximate surface area is 145 Å². The van der Waals surface area contributed by atoms with Gasteiger partial charge in [0.15, 0.2) is 0 Å². The van der Waals surface area contributed by atoms with Crippen molar-refractivity contribution in [3.63, 3.8) is 0 Å². The molecule has 134 valence electrons. The number of hydrogen-bond donors (Lipinski definition) is 1. The van der Waals surface area contributed by atoms with Gasteiger partial charge in [0.2, 0.25) is 5.91 Å². The van der Waals surface area contributed by atoms with E-state index in [1.165, 1.54) is 5.56 Å². The number of carbonyl (C=O) groups excluding carboxylic acids is 2. The molecule has 0 atom stereocenters. The summed E-state index contributed by atoms with van der Waals surface area (Å²) >= 11 is 0. The van der Waals surface area contributed by atoms with E-state index in [1.54, 1.807) is 18.9 Å². The van der Waals surface area contributed by atoms with Crippen LogP contribution >= 0.6 is 0 Å². The number of methoxy groups -OCH3 is 1. The van der Waals surface area contributed by atoms with E-state index in [-0.39, 0.29) is 17.2 Å². The van der Waals surface area contributed by atoms with Crippen molar-refractivity contribution in [2.45, 2.75) is 39.5 Å². The Morgan fingerprint density at radius 3 is 2.25 bits per heavy atom. The van der Waals surface area contributed by atoms with Crippen LogP contribution in [0.1, 0.15) is 50.0 Å². The third kappa shape index (κ3) is 6.71. The van der Waals surface area contributed by atoms with E-state index in [4.69, 9.17) is 4.74 Å². The number of rotatable bonds is 8. The van der Waals surface area contributed by atoms with Crippen molar-refractivity contribution < 1.29 is 14.3 Å². The first kappa shape index (κ1) is 20.2. The number of carbonyl (C=O) groups is 2. The number of nitrogens with one attached hydrogen (secondary N) is 1. The molecule has 0 bridgehead atoms. The van der Waals surface area contributed by atoms with Gasteiger partial charge in [0.25, 0.3) is 5.91 Å². The van der Waals surface area contributed by atoms with E-state index >= 15 is 0 Å². The molecule has 0 radical (unpaired) electrons. The zero-order chi connectivity index (χ0) is 18.2. The summed E-state index contributed by atoms with van der Waals surface area (Å²) in [5, 5.41) is 2.87. The zero-order valence-corrected chi connectivity index (χ0v) is 15.5. The van der Waals surface area contributed by atoms with Crippen molar-refractivity contribution in [1.29, 1.82) is 0 Å². The lowest BCUT2D eigenvalue weighted by molar-refractivity contribution is -0.129. The Morgan fingerprint density at radius 2 is 1.75 bits per heavy atom. The summed E-state index contributed by atoms with van der Waals surface area (Å²) in [6, 6.07) is 7.66. The fraction of sp³-hybridized carbons (Fsp3) is 0.579. The molecule has 0 saturated heterocycles. The van der Waals surface area contributed by atoms with Gasteiger partial charge in [-0.2, -0.15) is 0 Å². The van der Waals surface area contributed by atoms with E-state index in [0.717, 1.165) is 6.42 Å². The van der Waals surface area contributed by atoms with Crippen molar-refractivity contribution in [2.24, 2.45) is 0 Å². The highest BCUT2D eigenvalue weighted by Crippen LogP contribution is 2.22. The topological polar surface area (TPSA) is 58.6 Å². The van der Waals surface area contributed by atoms with Crippen molar-refractivity contribution >= 4 is 11.8 Å². The summed E-state index contributed by atoms with van der Waals surface area (Å²) in [4.78, 5) is 25.5. The van der Waals surface area contributed by atoms with Crippen molar-refractivity contribution in [3.8, 4) is 0 Å². The van der Waals surface area contributed by atoms with Crippen LogP contribution in [0.15, 0.2) is 24.3 Å². The third-order valence-electron chi connectivity index (χ3n) is 3.90. The molecule has 0 unspecified atom stereocenters. The Bertz CT molecular complexity index is 533. The van der Waals surface area contributed by atoms with Crippen LogP contribution in [0.3, 0.4) is 0 Å². The maximum Gasteiger partial charge on any atom is 0.251 e. The number of nitrogens with zero attached hydrogens (tertiary/aromatic N) is 1. The van der Waals surface area contributed by atoms with Gasteiger partial charge >= 0.3 is 0 Å². The molecular formula is C19H30N2O3. The standard InChI is InChI=1S/C19H30N2O3/c1-15(22)21(12-6-14-24-5)13-11-20-18(23)16-7-9-17(10-8-16)19(2,3)4/h7-10H,6,11-14H2,1-5H3,(H,20,23). The molecule has 0 heterocycles. The van der Waals surface area contributed by atoms with Gasteiger partial charge in [-0.3, -0.25) is 9.59 Å². The molecule has 0 saturated carbocycles. The number of amides is 2. The Kier molecular flexibility index (Phi) is 7.92. The van der Waals surface area contributed by atoms with Gasteiger partial charge < -0.3 is 15.0 Å². The smallest absolute Gasteiger partial charge is 0.251 e. The Balaban J connectivity index is 2.48. The summed E-state index contributed by atoms with van der Waals surface area (Å²) in [5.41, 5.74) is 1.90. The summed E-state index contributed by atoms with van der Waals surface area (Å²) in [6.45, 7) is 10.2. The fourth-order valence-electron chi connectivity index (χ4n) is 2.35. The molecule has 0 aliphatic carbocycles. The number of benzene rings is 1. The predicted octanol–water partition coefficient (Wildman–Crippen LogP) is 2.60. The lowest BCUT2D eigenvalue weighted by atomic mass is 9.87. The lowest BCUT2D eigenvalue weighted by Gasteiger charge is -2.21. The van der Waals surface area contributed by atoms with Crippen molar-refractivity contribution in [3.05, 3.63) is 35.4 Å². The second-order valence-electron chi connectivity index (χ2n) is 6.94. The summed E-state index contributed by atoms with van der Waals surface area (Å²) in [7, 11) is 1.64. The van der Waals surface area contributed by atoms with E-state index in [0.29, 0.717) is 31.8 Å². The quantitative estimate of drug-likeness (QED) is 0.744. The van der Waals surface area contributed by atoms with Gasteiger partial charge in [-0.1, -0.05) is 32.9 Å². The van der Waals surface area contributed by atoms with Gasteiger partial charge in [-0.05, 0) is 29.5 Å². The van der Waals surface area contributed by atoms with Crippen LogP contribution in [0.5, 0.6) is 0 Å². The van der Waals surface area contributed by atoms with Crippen LogP contribution < -0.4 is 5.32 Å². The lowest BCUT2D eigenvalue weighted by Crippen LogP contribution is -2.38. The van der Waals surface area contributed by atoms with E-state index < -0.39 is 0 Å². The maximum atomic E-state index is 12.2. The summed E-state index contributed by atoms with van der Waals surface area (Å²) in [5.74, 6) is -0.106. The highest BCUT2D eigenvalue weighted by Gasteiger charge is 2.14. The molecule has 1 aromatic carbocycles. The molecule has 0 aliphatic heterocycles. The molecule has 0 spiro atoms. The van der Waals surface area contributed by atoms with Gasteiger partial charge in [-0.15, -0.1) is 0 Å². The first-order valence-corrected chi connectivity index (χ1v) is 8.39.